The van der Waals surface area contributed by atoms with Gasteiger partial charge in [-0.3, -0.25) is 4.98 Å². The molecule has 3 aromatic rings. The maximum Gasteiger partial charge on any atom is 0.229 e. The van der Waals surface area contributed by atoms with E-state index in [1.165, 1.54) is 5.56 Å². The van der Waals surface area contributed by atoms with Crippen LogP contribution in [0.1, 0.15) is 25.0 Å². The minimum atomic E-state index is -0.942. The van der Waals surface area contributed by atoms with E-state index < -0.39 is 5.60 Å². The number of ether oxygens (including phenoxy) is 1. The molecule has 2 aliphatic rings. The Morgan fingerprint density at radius 1 is 1.12 bits per heavy atom. The van der Waals surface area contributed by atoms with E-state index >= 15 is 0 Å². The van der Waals surface area contributed by atoms with Crippen molar-refractivity contribution in [1.82, 2.24) is 15.0 Å². The summed E-state index contributed by atoms with van der Waals surface area (Å²) in [5.74, 6) is 1.30. The van der Waals surface area contributed by atoms with Crippen molar-refractivity contribution < 1.29 is 14.9 Å². The van der Waals surface area contributed by atoms with Crippen LogP contribution in [0, 0.1) is 0 Å². The van der Waals surface area contributed by atoms with Gasteiger partial charge in [-0.1, -0.05) is 6.07 Å². The number of nitrogens with zero attached hydrogens (tertiary/aromatic N) is 4. The molecule has 1 saturated heterocycles. The van der Waals surface area contributed by atoms with Crippen LogP contribution in [0.15, 0.2) is 53.8 Å². The molecule has 0 unspecified atom stereocenters. The molecular formula is C24H26N4O3S. The van der Waals surface area contributed by atoms with E-state index in [4.69, 9.17) is 4.74 Å². The van der Waals surface area contributed by atoms with Gasteiger partial charge < -0.3 is 19.8 Å². The molecule has 0 atom stereocenters. The summed E-state index contributed by atoms with van der Waals surface area (Å²) in [7, 11) is 0. The summed E-state index contributed by atoms with van der Waals surface area (Å²) < 4.78 is 5.58. The number of thioether (sulfide) groups is 1. The molecular weight excluding hydrogens is 424 g/mol. The number of pyridine rings is 1. The van der Waals surface area contributed by atoms with Crippen molar-refractivity contribution in [3.05, 3.63) is 60.0 Å². The lowest BCUT2D eigenvalue weighted by atomic mass is 9.81. The van der Waals surface area contributed by atoms with Crippen molar-refractivity contribution in [3.63, 3.8) is 0 Å². The summed E-state index contributed by atoms with van der Waals surface area (Å²) in [5, 5.41) is 19.5. The van der Waals surface area contributed by atoms with Gasteiger partial charge in [-0.05, 0) is 49.2 Å². The first-order chi connectivity index (χ1) is 15.4. The van der Waals surface area contributed by atoms with Crippen molar-refractivity contribution in [2.75, 3.05) is 37.0 Å². The molecule has 5 rings (SSSR count). The monoisotopic (exact) mass is 450 g/mol. The second kappa shape index (κ2) is 8.12. The fourth-order valence-electron chi connectivity index (χ4n) is 4.25. The highest BCUT2D eigenvalue weighted by Crippen LogP contribution is 2.48. The van der Waals surface area contributed by atoms with Gasteiger partial charge in [-0.25, -0.2) is 9.97 Å². The summed E-state index contributed by atoms with van der Waals surface area (Å²) in [5.41, 5.74) is 3.73. The molecule has 8 heteroatoms. The zero-order chi connectivity index (χ0) is 22.3. The minimum Gasteiger partial charge on any atom is -0.396 e. The van der Waals surface area contributed by atoms with Crippen molar-refractivity contribution in [2.45, 2.75) is 29.8 Å². The molecule has 2 aliphatic heterocycles. The van der Waals surface area contributed by atoms with E-state index in [2.05, 4.69) is 38.1 Å². The number of aliphatic hydroxyl groups is 2. The van der Waals surface area contributed by atoms with Gasteiger partial charge in [0, 0.05) is 47.0 Å². The molecule has 0 saturated carbocycles. The molecule has 0 amide bonds. The first kappa shape index (κ1) is 21.3. The number of aliphatic hydroxyl groups excluding tert-OH is 1. The quantitative estimate of drug-likeness (QED) is 0.553. The average molecular weight is 451 g/mol. The van der Waals surface area contributed by atoms with E-state index in [1.807, 2.05) is 12.1 Å². The Labute approximate surface area is 191 Å². The molecule has 2 aromatic heterocycles. The van der Waals surface area contributed by atoms with Crippen LogP contribution in [0.2, 0.25) is 0 Å². The van der Waals surface area contributed by atoms with Crippen LogP contribution in [0.3, 0.4) is 0 Å². The van der Waals surface area contributed by atoms with Crippen molar-refractivity contribution in [3.8, 4) is 11.3 Å². The Hall–Kier alpha value is -2.52. The van der Waals surface area contributed by atoms with Gasteiger partial charge in [-0.15, -0.1) is 11.8 Å². The minimum absolute atomic E-state index is 0.0138. The number of hydrogen-bond donors (Lipinski definition) is 2. The molecule has 1 fully saturated rings. The average Bonchev–Trinajstić information content (AvgIpc) is 3.13. The fourth-order valence-corrected chi connectivity index (χ4v) is 4.93. The lowest BCUT2D eigenvalue weighted by molar-refractivity contribution is -0.0507. The molecule has 0 bridgehead atoms. The zero-order valence-corrected chi connectivity index (χ0v) is 19.0. The molecule has 32 heavy (non-hydrogen) atoms. The SMILES string of the molecule is CC(C)(O)c1ccnc(-c2cnc(N3CC4(COC4)c4ccc(SCCO)cc43)nc2)c1. The zero-order valence-electron chi connectivity index (χ0n) is 18.2. The van der Waals surface area contributed by atoms with Crippen LogP contribution in [-0.2, 0) is 15.8 Å². The number of anilines is 2. The van der Waals surface area contributed by atoms with Crippen LogP contribution < -0.4 is 4.90 Å². The smallest absolute Gasteiger partial charge is 0.229 e. The molecule has 2 N–H and O–H groups in total. The summed E-state index contributed by atoms with van der Waals surface area (Å²) in [4.78, 5) is 17.0. The van der Waals surface area contributed by atoms with Crippen molar-refractivity contribution in [1.29, 1.82) is 0 Å². The molecule has 166 valence electrons. The molecule has 7 nitrogen and oxygen atoms in total. The Balaban J connectivity index is 1.46. The van der Waals surface area contributed by atoms with Gasteiger partial charge in [0.2, 0.25) is 5.95 Å². The summed E-state index contributed by atoms with van der Waals surface area (Å²) in [6.07, 6.45) is 5.26. The summed E-state index contributed by atoms with van der Waals surface area (Å²) in [6.45, 7) is 5.84. The number of hydrogen-bond acceptors (Lipinski definition) is 8. The third-order valence-electron chi connectivity index (χ3n) is 6.05. The van der Waals surface area contributed by atoms with E-state index in [1.54, 1.807) is 44.2 Å². The largest absolute Gasteiger partial charge is 0.396 e. The first-order valence-corrected chi connectivity index (χ1v) is 11.6. The fraction of sp³-hybridized carbons (Fsp3) is 0.375. The molecule has 1 spiro atoms. The summed E-state index contributed by atoms with van der Waals surface area (Å²) >= 11 is 1.63. The Morgan fingerprint density at radius 2 is 1.91 bits per heavy atom. The van der Waals surface area contributed by atoms with Crippen LogP contribution in [0.25, 0.3) is 11.3 Å². The van der Waals surface area contributed by atoms with E-state index in [0.717, 1.165) is 33.9 Å². The van der Waals surface area contributed by atoms with Crippen LogP contribution in [0.5, 0.6) is 0 Å². The molecule has 1 aromatic carbocycles. The predicted octanol–water partition coefficient (Wildman–Crippen LogP) is 3.27. The van der Waals surface area contributed by atoms with Gasteiger partial charge in [0.1, 0.15) is 0 Å². The third kappa shape index (κ3) is 3.77. The summed E-state index contributed by atoms with van der Waals surface area (Å²) in [6, 6.07) is 10.1. The molecule has 0 radical (unpaired) electrons. The standard InChI is InChI=1S/C24H26N4O3S/c1-23(2,30)17-5-6-25-20(9-17)16-11-26-22(27-12-16)28-13-24(14-31-15-24)19-4-3-18(10-21(19)28)32-8-7-29/h3-6,9-12,29-30H,7-8,13-15H2,1-2H3. The van der Waals surface area contributed by atoms with Crippen molar-refractivity contribution in [2.24, 2.45) is 0 Å². The highest BCUT2D eigenvalue weighted by atomic mass is 32.2. The van der Waals surface area contributed by atoms with Crippen LogP contribution in [0.4, 0.5) is 11.6 Å². The van der Waals surface area contributed by atoms with Crippen LogP contribution in [-0.4, -0.2) is 57.3 Å². The normalized spacial score (nSPS) is 16.8. The topological polar surface area (TPSA) is 91.6 Å². The Morgan fingerprint density at radius 3 is 2.56 bits per heavy atom. The molecule has 0 aliphatic carbocycles. The van der Waals surface area contributed by atoms with Gasteiger partial charge in [0.15, 0.2) is 0 Å². The van der Waals surface area contributed by atoms with E-state index in [-0.39, 0.29) is 12.0 Å². The van der Waals surface area contributed by atoms with Crippen molar-refractivity contribution >= 4 is 23.4 Å². The number of fused-ring (bicyclic) bond motifs is 2. The maximum absolute atomic E-state index is 10.3. The van der Waals surface area contributed by atoms with Gasteiger partial charge in [0.25, 0.3) is 0 Å². The maximum atomic E-state index is 10.3. The second-order valence-corrected chi connectivity index (χ2v) is 10.0. The highest BCUT2D eigenvalue weighted by molar-refractivity contribution is 7.99. The lowest BCUT2D eigenvalue weighted by Gasteiger charge is -2.38. The Kier molecular flexibility index (Phi) is 5.41. The lowest BCUT2D eigenvalue weighted by Crippen LogP contribution is -2.49. The molecule has 4 heterocycles. The van der Waals surface area contributed by atoms with E-state index in [9.17, 15) is 10.2 Å². The second-order valence-electron chi connectivity index (χ2n) is 8.87. The van der Waals surface area contributed by atoms with Gasteiger partial charge in [0.05, 0.1) is 36.5 Å². The first-order valence-electron chi connectivity index (χ1n) is 10.6. The number of benzene rings is 1. The van der Waals surface area contributed by atoms with E-state index in [0.29, 0.717) is 24.9 Å². The number of rotatable bonds is 6. The predicted molar refractivity (Wildman–Crippen MR) is 124 cm³/mol. The van der Waals surface area contributed by atoms with Gasteiger partial charge in [-0.2, -0.15) is 0 Å². The van der Waals surface area contributed by atoms with Gasteiger partial charge >= 0.3 is 0 Å². The third-order valence-corrected chi connectivity index (χ3v) is 7.02. The van der Waals surface area contributed by atoms with Crippen LogP contribution >= 0.6 is 11.8 Å². The number of aromatic nitrogens is 3. The highest BCUT2D eigenvalue weighted by Gasteiger charge is 2.49. The Bertz CT molecular complexity index is 1130.